The van der Waals surface area contributed by atoms with E-state index in [2.05, 4.69) is 15.3 Å². The van der Waals surface area contributed by atoms with Crippen LogP contribution in [0.15, 0.2) is 48.9 Å². The van der Waals surface area contributed by atoms with Crippen LogP contribution in [0, 0.1) is 0 Å². The molecule has 0 radical (unpaired) electrons. The summed E-state index contributed by atoms with van der Waals surface area (Å²) in [6.45, 7) is 1.00. The number of benzene rings is 1. The number of carbonyl (C=O) groups excluding carboxylic acids is 1. The van der Waals surface area contributed by atoms with E-state index in [0.717, 1.165) is 37.1 Å². The Labute approximate surface area is 176 Å². The van der Waals surface area contributed by atoms with Crippen molar-refractivity contribution in [1.82, 2.24) is 20.2 Å². The van der Waals surface area contributed by atoms with Gasteiger partial charge in [0, 0.05) is 26.3 Å². The first-order chi connectivity index (χ1) is 14.7. The van der Waals surface area contributed by atoms with Crippen LogP contribution in [0.1, 0.15) is 49.1 Å². The minimum Gasteiger partial charge on any atom is -0.353 e. The van der Waals surface area contributed by atoms with Crippen molar-refractivity contribution in [2.45, 2.75) is 50.5 Å². The fraction of sp³-hybridized carbons (Fsp3) is 0.500. The monoisotopic (exact) mass is 412 g/mol. The Morgan fingerprint density at radius 3 is 2.87 bits per heavy atom. The quantitative estimate of drug-likeness (QED) is 0.748. The third-order valence-corrected chi connectivity index (χ3v) is 5.46. The summed E-state index contributed by atoms with van der Waals surface area (Å²) in [7, 11) is 1.73. The minimum atomic E-state index is -0.576. The maximum absolute atomic E-state index is 12.5. The lowest BCUT2D eigenvalue weighted by atomic mass is 10.1. The molecule has 0 aliphatic carbocycles. The number of hydrogen-bond acceptors (Lipinski definition) is 7. The normalized spacial score (nSPS) is 25.8. The molecule has 0 bridgehead atoms. The Balaban J connectivity index is 1.43. The number of hydrogen-bond donors (Lipinski definition) is 1. The van der Waals surface area contributed by atoms with Gasteiger partial charge in [0.1, 0.15) is 12.4 Å². The molecular formula is C22H28N4O4. The van der Waals surface area contributed by atoms with E-state index in [0.29, 0.717) is 6.42 Å². The van der Waals surface area contributed by atoms with Gasteiger partial charge in [-0.3, -0.25) is 10.1 Å². The first kappa shape index (κ1) is 20.9. The molecule has 2 aliphatic heterocycles. The van der Waals surface area contributed by atoms with Crippen LogP contribution in [-0.4, -0.2) is 53.7 Å². The highest BCUT2D eigenvalue weighted by Gasteiger charge is 2.34. The molecular weight excluding hydrogens is 384 g/mol. The topological polar surface area (TPSA) is 85.8 Å². The van der Waals surface area contributed by atoms with E-state index >= 15 is 0 Å². The largest absolute Gasteiger partial charge is 0.353 e. The van der Waals surface area contributed by atoms with Crippen LogP contribution in [0.2, 0.25) is 0 Å². The number of nitrogens with one attached hydrogen (secondary N) is 1. The number of ether oxygens (including phenoxy) is 3. The van der Waals surface area contributed by atoms with Crippen LogP contribution in [0.5, 0.6) is 0 Å². The molecule has 8 heteroatoms. The van der Waals surface area contributed by atoms with Gasteiger partial charge in [0.2, 0.25) is 5.91 Å². The molecule has 1 aromatic heterocycles. The molecule has 2 fully saturated rings. The van der Waals surface area contributed by atoms with Crippen LogP contribution < -0.4 is 5.32 Å². The van der Waals surface area contributed by atoms with E-state index in [1.807, 2.05) is 36.4 Å². The van der Waals surface area contributed by atoms with Gasteiger partial charge in [-0.05, 0) is 30.9 Å². The number of carbonyl (C=O) groups is 1. The maximum atomic E-state index is 12.5. The summed E-state index contributed by atoms with van der Waals surface area (Å²) in [5, 5.41) is 3.37. The zero-order valence-electron chi connectivity index (χ0n) is 17.1. The van der Waals surface area contributed by atoms with E-state index < -0.39 is 6.35 Å². The molecule has 2 aliphatic rings. The Morgan fingerprint density at radius 2 is 2.13 bits per heavy atom. The van der Waals surface area contributed by atoms with E-state index in [1.54, 1.807) is 18.1 Å². The standard InChI is InChI=1S/C22H28N4O4/c1-26-20(27)13-18(17-10-11-23-15-24-17)25-22(26)29-14-19(16-7-3-2-4-8-16)30-21-9-5-6-12-28-21/h2-4,7-8,10-11,15,18-19,21-22,25H,5-6,9,12-14H2,1H3. The summed E-state index contributed by atoms with van der Waals surface area (Å²) in [6, 6.07) is 11.6. The van der Waals surface area contributed by atoms with Gasteiger partial charge < -0.3 is 19.1 Å². The molecule has 1 aromatic carbocycles. The molecule has 2 aromatic rings. The highest BCUT2D eigenvalue weighted by atomic mass is 16.7. The zero-order chi connectivity index (χ0) is 20.8. The number of aromatic nitrogens is 2. The Kier molecular flexibility index (Phi) is 7.01. The summed E-state index contributed by atoms with van der Waals surface area (Å²) in [6.07, 6.45) is 5.41. The summed E-state index contributed by atoms with van der Waals surface area (Å²) >= 11 is 0. The Hall–Kier alpha value is -2.39. The zero-order valence-corrected chi connectivity index (χ0v) is 17.1. The van der Waals surface area contributed by atoms with Gasteiger partial charge in [-0.25, -0.2) is 9.97 Å². The van der Waals surface area contributed by atoms with Crippen molar-refractivity contribution in [3.8, 4) is 0 Å². The van der Waals surface area contributed by atoms with Gasteiger partial charge in [-0.2, -0.15) is 0 Å². The van der Waals surface area contributed by atoms with Crippen LogP contribution >= 0.6 is 0 Å². The van der Waals surface area contributed by atoms with Crippen molar-refractivity contribution in [1.29, 1.82) is 0 Å². The molecule has 1 N–H and O–H groups in total. The van der Waals surface area contributed by atoms with Gasteiger partial charge in [-0.15, -0.1) is 0 Å². The smallest absolute Gasteiger partial charge is 0.227 e. The van der Waals surface area contributed by atoms with Crippen molar-refractivity contribution in [2.75, 3.05) is 20.3 Å². The maximum Gasteiger partial charge on any atom is 0.227 e. The minimum absolute atomic E-state index is 0.00449. The molecule has 4 rings (SSSR count). The average Bonchev–Trinajstić information content (AvgIpc) is 2.81. The molecule has 2 saturated heterocycles. The lowest BCUT2D eigenvalue weighted by molar-refractivity contribution is -0.212. The molecule has 4 atom stereocenters. The Bertz CT molecular complexity index is 801. The van der Waals surface area contributed by atoms with E-state index in [9.17, 15) is 4.79 Å². The molecule has 8 nitrogen and oxygen atoms in total. The fourth-order valence-corrected chi connectivity index (χ4v) is 3.71. The van der Waals surface area contributed by atoms with E-state index in [1.165, 1.54) is 6.33 Å². The SMILES string of the molecule is CN1C(=O)CC(c2ccncn2)NC1OCC(OC1CCCCO1)c1ccccc1. The first-order valence-electron chi connectivity index (χ1n) is 10.4. The molecule has 160 valence electrons. The van der Waals surface area contributed by atoms with Crippen LogP contribution in [0.3, 0.4) is 0 Å². The van der Waals surface area contributed by atoms with Crippen LogP contribution in [0.25, 0.3) is 0 Å². The fourth-order valence-electron chi connectivity index (χ4n) is 3.71. The number of nitrogens with zero attached hydrogens (tertiary/aromatic N) is 3. The highest BCUT2D eigenvalue weighted by molar-refractivity contribution is 5.77. The second-order valence-electron chi connectivity index (χ2n) is 7.58. The molecule has 30 heavy (non-hydrogen) atoms. The highest BCUT2D eigenvalue weighted by Crippen LogP contribution is 2.26. The molecule has 0 saturated carbocycles. The van der Waals surface area contributed by atoms with Crippen molar-refractivity contribution in [3.63, 3.8) is 0 Å². The summed E-state index contributed by atoms with van der Waals surface area (Å²) in [5.74, 6) is -0.00449. The molecule has 0 spiro atoms. The lowest BCUT2D eigenvalue weighted by Gasteiger charge is -2.38. The van der Waals surface area contributed by atoms with Crippen LogP contribution in [0.4, 0.5) is 0 Å². The third-order valence-electron chi connectivity index (χ3n) is 5.46. The molecule has 4 unspecified atom stereocenters. The summed E-state index contributed by atoms with van der Waals surface area (Å²) in [5.41, 5.74) is 1.79. The molecule has 3 heterocycles. The lowest BCUT2D eigenvalue weighted by Crippen LogP contribution is -2.55. The second kappa shape index (κ2) is 10.1. The van der Waals surface area contributed by atoms with Crippen molar-refractivity contribution in [2.24, 2.45) is 0 Å². The van der Waals surface area contributed by atoms with Crippen molar-refractivity contribution < 1.29 is 19.0 Å². The summed E-state index contributed by atoms with van der Waals surface area (Å²) in [4.78, 5) is 22.3. The van der Waals surface area contributed by atoms with E-state index in [-0.39, 0.29) is 30.9 Å². The third kappa shape index (κ3) is 5.20. The predicted molar refractivity (Wildman–Crippen MR) is 109 cm³/mol. The van der Waals surface area contributed by atoms with Crippen molar-refractivity contribution >= 4 is 5.91 Å². The number of rotatable bonds is 7. The molecule has 1 amide bonds. The van der Waals surface area contributed by atoms with Crippen LogP contribution in [-0.2, 0) is 19.0 Å². The van der Waals surface area contributed by atoms with Gasteiger partial charge in [0.05, 0.1) is 18.3 Å². The first-order valence-corrected chi connectivity index (χ1v) is 10.4. The van der Waals surface area contributed by atoms with Gasteiger partial charge in [0.25, 0.3) is 0 Å². The average molecular weight is 412 g/mol. The number of amides is 1. The Morgan fingerprint density at radius 1 is 1.27 bits per heavy atom. The van der Waals surface area contributed by atoms with Crippen molar-refractivity contribution in [3.05, 3.63) is 60.2 Å². The van der Waals surface area contributed by atoms with Gasteiger partial charge in [0.15, 0.2) is 12.6 Å². The summed E-state index contributed by atoms with van der Waals surface area (Å²) < 4.78 is 18.2. The van der Waals surface area contributed by atoms with Gasteiger partial charge >= 0.3 is 0 Å². The predicted octanol–water partition coefficient (Wildman–Crippen LogP) is 2.55. The van der Waals surface area contributed by atoms with E-state index in [4.69, 9.17) is 14.2 Å². The second-order valence-corrected chi connectivity index (χ2v) is 7.58. The van der Waals surface area contributed by atoms with Gasteiger partial charge in [-0.1, -0.05) is 30.3 Å².